The van der Waals surface area contributed by atoms with Gasteiger partial charge in [-0.15, -0.1) is 0 Å². The second-order valence-electron chi connectivity index (χ2n) is 4.60. The Hall–Kier alpha value is -2.77. The van der Waals surface area contributed by atoms with E-state index >= 15 is 0 Å². The van der Waals surface area contributed by atoms with Crippen LogP contribution in [0.2, 0.25) is 5.02 Å². The molecular formula is C18H14ClNO3. The molecule has 2 rings (SSSR count). The second kappa shape index (κ2) is 7.48. The van der Waals surface area contributed by atoms with E-state index in [-0.39, 0.29) is 11.4 Å². The van der Waals surface area contributed by atoms with Gasteiger partial charge in [-0.3, -0.25) is 4.79 Å². The smallest absolute Gasteiger partial charge is 0.203 e. The van der Waals surface area contributed by atoms with Crippen molar-refractivity contribution in [2.24, 2.45) is 0 Å². The molecule has 0 amide bonds. The van der Waals surface area contributed by atoms with Gasteiger partial charge in [0.2, 0.25) is 5.78 Å². The molecule has 0 aromatic heterocycles. The monoisotopic (exact) mass is 327 g/mol. The van der Waals surface area contributed by atoms with Crippen LogP contribution in [0.25, 0.3) is 6.08 Å². The summed E-state index contributed by atoms with van der Waals surface area (Å²) in [5.41, 5.74) is 1.04. The number of carbonyl (C=O) groups excluding carboxylic acids is 1. The van der Waals surface area contributed by atoms with Crippen LogP contribution in [0.3, 0.4) is 0 Å². The van der Waals surface area contributed by atoms with Crippen molar-refractivity contribution in [2.75, 3.05) is 14.2 Å². The molecule has 0 unspecified atom stereocenters. The summed E-state index contributed by atoms with van der Waals surface area (Å²) >= 11 is 6.13. The fourth-order valence-electron chi connectivity index (χ4n) is 2.08. The third-order valence-electron chi connectivity index (χ3n) is 3.17. The highest BCUT2D eigenvalue weighted by atomic mass is 35.5. The minimum atomic E-state index is -0.348. The molecule has 0 fully saturated rings. The molecule has 0 bridgehead atoms. The number of nitrogens with zero attached hydrogens (tertiary/aromatic N) is 1. The summed E-state index contributed by atoms with van der Waals surface area (Å²) in [5, 5.41) is 9.62. The van der Waals surface area contributed by atoms with E-state index in [9.17, 15) is 10.1 Å². The highest BCUT2D eigenvalue weighted by Crippen LogP contribution is 2.36. The molecule has 0 heterocycles. The van der Waals surface area contributed by atoms with Gasteiger partial charge < -0.3 is 9.47 Å². The van der Waals surface area contributed by atoms with E-state index < -0.39 is 0 Å². The van der Waals surface area contributed by atoms with Crippen molar-refractivity contribution in [1.82, 2.24) is 0 Å². The first-order valence-corrected chi connectivity index (χ1v) is 7.11. The van der Waals surface area contributed by atoms with Gasteiger partial charge in [0.1, 0.15) is 11.6 Å². The Kier molecular flexibility index (Phi) is 5.40. The van der Waals surface area contributed by atoms with E-state index in [0.29, 0.717) is 27.6 Å². The first-order chi connectivity index (χ1) is 11.1. The molecule has 0 radical (unpaired) electrons. The van der Waals surface area contributed by atoms with Crippen LogP contribution >= 0.6 is 11.6 Å². The third kappa shape index (κ3) is 3.71. The average Bonchev–Trinajstić information content (AvgIpc) is 2.59. The molecule has 0 saturated heterocycles. The molecule has 2 aromatic rings. The molecule has 23 heavy (non-hydrogen) atoms. The number of carbonyl (C=O) groups is 1. The minimum Gasteiger partial charge on any atom is -0.493 e. The van der Waals surface area contributed by atoms with Crippen molar-refractivity contribution in [2.45, 2.75) is 0 Å². The van der Waals surface area contributed by atoms with Crippen LogP contribution in [0.15, 0.2) is 48.0 Å². The van der Waals surface area contributed by atoms with E-state index in [1.54, 1.807) is 42.5 Å². The number of methoxy groups -OCH3 is 2. The zero-order valence-electron chi connectivity index (χ0n) is 12.7. The van der Waals surface area contributed by atoms with Crippen molar-refractivity contribution >= 4 is 23.5 Å². The summed E-state index contributed by atoms with van der Waals surface area (Å²) in [6.07, 6.45) is 1.48. The first-order valence-electron chi connectivity index (χ1n) is 6.73. The maximum Gasteiger partial charge on any atom is 0.203 e. The summed E-state index contributed by atoms with van der Waals surface area (Å²) in [5.74, 6) is 0.480. The van der Waals surface area contributed by atoms with Crippen LogP contribution in [0.4, 0.5) is 0 Å². The predicted octanol–water partition coefficient (Wildman–Crippen LogP) is 4.15. The lowest BCUT2D eigenvalue weighted by atomic mass is 10.0. The molecule has 0 aliphatic heterocycles. The van der Waals surface area contributed by atoms with Crippen LogP contribution in [0, 0.1) is 11.3 Å². The van der Waals surface area contributed by atoms with Gasteiger partial charge >= 0.3 is 0 Å². The normalized spacial score (nSPS) is 10.8. The first kappa shape index (κ1) is 16.6. The number of ether oxygens (including phenoxy) is 2. The molecule has 4 nitrogen and oxygen atoms in total. The molecule has 0 N–H and O–H groups in total. The maximum absolute atomic E-state index is 12.4. The molecule has 0 atom stereocenters. The van der Waals surface area contributed by atoms with E-state index in [1.807, 2.05) is 6.07 Å². The number of hydrogen-bond acceptors (Lipinski definition) is 4. The van der Waals surface area contributed by atoms with Crippen molar-refractivity contribution < 1.29 is 14.3 Å². The standard InChI is InChI=1S/C18H14ClNO3/c1-22-16-10-12(9-15(19)18(16)23-2)8-14(11-20)17(21)13-6-4-3-5-7-13/h3-10H,1-2H3/b14-8+. The minimum absolute atomic E-state index is 0.0134. The van der Waals surface area contributed by atoms with Crippen LogP contribution in [0.1, 0.15) is 15.9 Å². The van der Waals surface area contributed by atoms with Gasteiger partial charge in [-0.05, 0) is 23.8 Å². The van der Waals surface area contributed by atoms with Gasteiger partial charge in [0, 0.05) is 5.56 Å². The van der Waals surface area contributed by atoms with Crippen LogP contribution in [0.5, 0.6) is 11.5 Å². The molecular weight excluding hydrogens is 314 g/mol. The lowest BCUT2D eigenvalue weighted by Gasteiger charge is -2.10. The van der Waals surface area contributed by atoms with Crippen molar-refractivity contribution in [3.8, 4) is 17.6 Å². The van der Waals surface area contributed by atoms with Gasteiger partial charge in [0.25, 0.3) is 0 Å². The molecule has 0 saturated carbocycles. The van der Waals surface area contributed by atoms with Crippen molar-refractivity contribution in [3.05, 3.63) is 64.2 Å². The Labute approximate surface area is 139 Å². The Morgan fingerprint density at radius 3 is 2.43 bits per heavy atom. The third-order valence-corrected chi connectivity index (χ3v) is 3.45. The Bertz CT molecular complexity index is 792. The second-order valence-corrected chi connectivity index (χ2v) is 5.01. The van der Waals surface area contributed by atoms with Gasteiger partial charge in [0.05, 0.1) is 19.2 Å². The Balaban J connectivity index is 2.45. The van der Waals surface area contributed by atoms with E-state index in [0.717, 1.165) is 0 Å². The summed E-state index contributed by atoms with van der Waals surface area (Å²) in [6.45, 7) is 0. The zero-order valence-corrected chi connectivity index (χ0v) is 13.4. The highest BCUT2D eigenvalue weighted by Gasteiger charge is 2.14. The highest BCUT2D eigenvalue weighted by molar-refractivity contribution is 6.32. The number of Topliss-reactive ketones (excluding diaryl/α,β-unsaturated/α-hetero) is 1. The molecule has 0 spiro atoms. The van der Waals surface area contributed by atoms with Crippen LogP contribution in [-0.2, 0) is 0 Å². The summed E-state index contributed by atoms with van der Waals surface area (Å²) in [6, 6.07) is 13.8. The van der Waals surface area contributed by atoms with Gasteiger partial charge in [-0.1, -0.05) is 41.9 Å². The van der Waals surface area contributed by atoms with Crippen molar-refractivity contribution in [3.63, 3.8) is 0 Å². The van der Waals surface area contributed by atoms with Crippen molar-refractivity contribution in [1.29, 1.82) is 5.26 Å². The Morgan fingerprint density at radius 1 is 1.17 bits per heavy atom. The topological polar surface area (TPSA) is 59.3 Å². The predicted molar refractivity (Wildman–Crippen MR) is 88.9 cm³/mol. The largest absolute Gasteiger partial charge is 0.493 e. The fraction of sp³-hybridized carbons (Fsp3) is 0.111. The number of hydrogen-bond donors (Lipinski definition) is 0. The number of rotatable bonds is 5. The average molecular weight is 328 g/mol. The summed E-state index contributed by atoms with van der Waals surface area (Å²) < 4.78 is 10.4. The number of halogens is 1. The lowest BCUT2D eigenvalue weighted by Crippen LogP contribution is -2.01. The van der Waals surface area contributed by atoms with Gasteiger partial charge in [-0.25, -0.2) is 0 Å². The van der Waals surface area contributed by atoms with E-state index in [4.69, 9.17) is 21.1 Å². The van der Waals surface area contributed by atoms with Crippen LogP contribution in [-0.4, -0.2) is 20.0 Å². The quantitative estimate of drug-likeness (QED) is 0.470. The molecule has 5 heteroatoms. The lowest BCUT2D eigenvalue weighted by molar-refractivity contribution is 0.104. The van der Waals surface area contributed by atoms with E-state index in [2.05, 4.69) is 0 Å². The fourth-order valence-corrected chi connectivity index (χ4v) is 2.38. The number of benzene rings is 2. The molecule has 0 aliphatic rings. The molecule has 0 aliphatic carbocycles. The molecule has 2 aromatic carbocycles. The SMILES string of the molecule is COc1cc(/C=C(\C#N)C(=O)c2ccccc2)cc(Cl)c1OC. The van der Waals surface area contributed by atoms with Gasteiger partial charge in [0.15, 0.2) is 11.5 Å². The van der Waals surface area contributed by atoms with Crippen LogP contribution < -0.4 is 9.47 Å². The van der Waals surface area contributed by atoms with Gasteiger partial charge in [-0.2, -0.15) is 5.26 Å². The number of allylic oxidation sites excluding steroid dienone is 1. The Morgan fingerprint density at radius 2 is 1.87 bits per heavy atom. The summed E-state index contributed by atoms with van der Waals surface area (Å²) in [4.78, 5) is 12.4. The summed E-state index contributed by atoms with van der Waals surface area (Å²) in [7, 11) is 2.97. The maximum atomic E-state index is 12.4. The number of nitriles is 1. The zero-order chi connectivity index (χ0) is 16.8. The number of ketones is 1. The van der Waals surface area contributed by atoms with E-state index in [1.165, 1.54) is 20.3 Å². The molecule has 116 valence electrons.